The number of carbonyl (C=O) groups excluding carboxylic acids is 1. The van der Waals surface area contributed by atoms with E-state index in [1.807, 2.05) is 20.8 Å². The number of aromatic nitrogens is 1. The molecule has 0 bridgehead atoms. The van der Waals surface area contributed by atoms with Gasteiger partial charge in [0, 0.05) is 14.8 Å². The van der Waals surface area contributed by atoms with Crippen molar-refractivity contribution in [3.63, 3.8) is 0 Å². The highest BCUT2D eigenvalue weighted by atomic mass is 127. The fourth-order valence-corrected chi connectivity index (χ4v) is 1.68. The molecule has 17 heavy (non-hydrogen) atoms. The molecule has 1 aromatic rings. The van der Waals surface area contributed by atoms with Crippen molar-refractivity contribution in [3.8, 4) is 0 Å². The van der Waals surface area contributed by atoms with E-state index in [2.05, 4.69) is 32.9 Å². The number of hydrogen-bond acceptors (Lipinski definition) is 2. The van der Waals surface area contributed by atoms with Gasteiger partial charge >= 0.3 is 0 Å². The van der Waals surface area contributed by atoms with Crippen LogP contribution in [-0.4, -0.2) is 16.4 Å². The second kappa shape index (κ2) is 5.20. The lowest BCUT2D eigenvalue weighted by Crippen LogP contribution is -2.44. The quantitative estimate of drug-likeness (QED) is 0.823. The standard InChI is InChI=1S/C12H17IN2O2/c1-5-12(3,4)15-11(17)8-6-9(13)7(2)14-10(8)16/h6H,5H2,1-4H3,(H,14,16)(H,15,17). The Balaban J connectivity index is 3.06. The van der Waals surface area contributed by atoms with Crippen molar-refractivity contribution in [1.82, 2.24) is 10.3 Å². The number of carbonyl (C=O) groups is 1. The smallest absolute Gasteiger partial charge is 0.261 e. The van der Waals surface area contributed by atoms with Crippen LogP contribution in [0.4, 0.5) is 0 Å². The predicted octanol–water partition coefficient (Wildman–Crippen LogP) is 2.21. The number of pyridine rings is 1. The third-order valence-electron chi connectivity index (χ3n) is 2.76. The van der Waals surface area contributed by atoms with Gasteiger partial charge in [0.1, 0.15) is 5.56 Å². The average molecular weight is 348 g/mol. The molecule has 0 spiro atoms. The Morgan fingerprint density at radius 2 is 2.12 bits per heavy atom. The molecule has 0 unspecified atom stereocenters. The zero-order valence-corrected chi connectivity index (χ0v) is 12.6. The number of rotatable bonds is 3. The van der Waals surface area contributed by atoms with Crippen LogP contribution in [0, 0.1) is 10.5 Å². The van der Waals surface area contributed by atoms with Crippen molar-refractivity contribution in [1.29, 1.82) is 0 Å². The number of aryl methyl sites for hydroxylation is 1. The molecule has 1 heterocycles. The molecule has 0 saturated carbocycles. The first-order valence-corrected chi connectivity index (χ1v) is 6.56. The summed E-state index contributed by atoms with van der Waals surface area (Å²) in [5, 5.41) is 2.85. The summed E-state index contributed by atoms with van der Waals surface area (Å²) in [6.45, 7) is 7.65. The lowest BCUT2D eigenvalue weighted by molar-refractivity contribution is 0.0909. The first-order valence-electron chi connectivity index (χ1n) is 5.49. The first-order chi connectivity index (χ1) is 7.76. The summed E-state index contributed by atoms with van der Waals surface area (Å²) in [7, 11) is 0. The Kier molecular flexibility index (Phi) is 4.35. The topological polar surface area (TPSA) is 62.0 Å². The molecule has 2 N–H and O–H groups in total. The third kappa shape index (κ3) is 3.55. The number of halogens is 1. The van der Waals surface area contributed by atoms with Crippen LogP contribution < -0.4 is 10.9 Å². The van der Waals surface area contributed by atoms with Crippen molar-refractivity contribution < 1.29 is 4.79 Å². The highest BCUT2D eigenvalue weighted by Gasteiger charge is 2.21. The zero-order chi connectivity index (χ0) is 13.2. The number of aromatic amines is 1. The summed E-state index contributed by atoms with van der Waals surface area (Å²) < 4.78 is 0.877. The molecule has 0 fully saturated rings. The van der Waals surface area contributed by atoms with Crippen LogP contribution in [0.25, 0.3) is 0 Å². The van der Waals surface area contributed by atoms with E-state index in [1.54, 1.807) is 13.0 Å². The molecule has 0 radical (unpaired) electrons. The lowest BCUT2D eigenvalue weighted by Gasteiger charge is -2.24. The van der Waals surface area contributed by atoms with E-state index in [0.717, 1.165) is 15.7 Å². The second-order valence-electron chi connectivity index (χ2n) is 4.68. The molecule has 0 aromatic carbocycles. The monoisotopic (exact) mass is 348 g/mol. The Morgan fingerprint density at radius 1 is 1.53 bits per heavy atom. The van der Waals surface area contributed by atoms with E-state index in [4.69, 9.17) is 0 Å². The fourth-order valence-electron chi connectivity index (χ4n) is 1.23. The van der Waals surface area contributed by atoms with E-state index in [0.29, 0.717) is 0 Å². The molecule has 1 rings (SSSR count). The Labute approximate surface area is 114 Å². The van der Waals surface area contributed by atoms with E-state index in [1.165, 1.54) is 0 Å². The summed E-state index contributed by atoms with van der Waals surface area (Å²) >= 11 is 2.10. The molecule has 0 aliphatic heterocycles. The maximum Gasteiger partial charge on any atom is 0.261 e. The average Bonchev–Trinajstić information content (AvgIpc) is 2.22. The maximum atomic E-state index is 12.0. The maximum absolute atomic E-state index is 12.0. The minimum absolute atomic E-state index is 0.168. The molecule has 5 heteroatoms. The van der Waals surface area contributed by atoms with Gasteiger partial charge in [0.15, 0.2) is 0 Å². The van der Waals surface area contributed by atoms with Crippen molar-refractivity contribution in [2.75, 3.05) is 0 Å². The summed E-state index contributed by atoms with van der Waals surface area (Å²) in [6, 6.07) is 1.62. The molecule has 1 amide bonds. The van der Waals surface area contributed by atoms with Gasteiger partial charge in [-0.25, -0.2) is 0 Å². The van der Waals surface area contributed by atoms with Crippen molar-refractivity contribution in [2.24, 2.45) is 0 Å². The van der Waals surface area contributed by atoms with Crippen LogP contribution in [0.2, 0.25) is 0 Å². The molecular formula is C12H17IN2O2. The molecule has 4 nitrogen and oxygen atoms in total. The van der Waals surface area contributed by atoms with Crippen molar-refractivity contribution in [2.45, 2.75) is 39.7 Å². The van der Waals surface area contributed by atoms with Crippen LogP contribution in [0.15, 0.2) is 10.9 Å². The number of H-pyrrole nitrogens is 1. The van der Waals surface area contributed by atoms with Crippen molar-refractivity contribution in [3.05, 3.63) is 31.2 Å². The van der Waals surface area contributed by atoms with E-state index in [9.17, 15) is 9.59 Å². The highest BCUT2D eigenvalue weighted by molar-refractivity contribution is 14.1. The first kappa shape index (κ1) is 14.2. The molecule has 94 valence electrons. The van der Waals surface area contributed by atoms with Gasteiger partial charge in [0.2, 0.25) is 0 Å². The van der Waals surface area contributed by atoms with E-state index >= 15 is 0 Å². The van der Waals surface area contributed by atoms with Gasteiger partial charge in [-0.1, -0.05) is 6.92 Å². The Hall–Kier alpha value is -0.850. The Morgan fingerprint density at radius 3 is 2.65 bits per heavy atom. The molecule has 0 saturated heterocycles. The molecule has 0 aliphatic carbocycles. The summed E-state index contributed by atoms with van der Waals surface area (Å²) in [5.41, 5.74) is 0.301. The minimum Gasteiger partial charge on any atom is -0.347 e. The van der Waals surface area contributed by atoms with Crippen LogP contribution >= 0.6 is 22.6 Å². The molecular weight excluding hydrogens is 331 g/mol. The fraction of sp³-hybridized carbons (Fsp3) is 0.500. The van der Waals surface area contributed by atoms with E-state index < -0.39 is 0 Å². The van der Waals surface area contributed by atoms with Gasteiger partial charge < -0.3 is 10.3 Å². The zero-order valence-electron chi connectivity index (χ0n) is 10.5. The highest BCUT2D eigenvalue weighted by Crippen LogP contribution is 2.11. The summed E-state index contributed by atoms with van der Waals surface area (Å²) in [6.07, 6.45) is 0.805. The number of amides is 1. The third-order valence-corrected chi connectivity index (χ3v) is 3.88. The SMILES string of the molecule is CCC(C)(C)NC(=O)c1cc(I)c(C)[nH]c1=O. The summed E-state index contributed by atoms with van der Waals surface area (Å²) in [5.74, 6) is -0.323. The largest absolute Gasteiger partial charge is 0.347 e. The van der Waals surface area contributed by atoms with Crippen LogP contribution in [0.3, 0.4) is 0 Å². The normalized spacial score (nSPS) is 11.4. The lowest BCUT2D eigenvalue weighted by atomic mass is 10.0. The van der Waals surface area contributed by atoms with Gasteiger partial charge in [-0.3, -0.25) is 9.59 Å². The number of hydrogen-bond donors (Lipinski definition) is 2. The van der Waals surface area contributed by atoms with Gasteiger partial charge in [-0.2, -0.15) is 0 Å². The second-order valence-corrected chi connectivity index (χ2v) is 5.84. The molecule has 0 atom stereocenters. The van der Waals surface area contributed by atoms with Gasteiger partial charge in [0.25, 0.3) is 11.5 Å². The van der Waals surface area contributed by atoms with Crippen LogP contribution in [0.5, 0.6) is 0 Å². The minimum atomic E-state index is -0.340. The molecule has 0 aliphatic rings. The Bertz CT molecular complexity index is 492. The van der Waals surface area contributed by atoms with Gasteiger partial charge in [0.05, 0.1) is 0 Å². The van der Waals surface area contributed by atoms with Gasteiger partial charge in [-0.15, -0.1) is 0 Å². The van der Waals surface area contributed by atoms with Gasteiger partial charge in [-0.05, 0) is 55.8 Å². The summed E-state index contributed by atoms with van der Waals surface area (Å²) in [4.78, 5) is 26.3. The van der Waals surface area contributed by atoms with E-state index in [-0.39, 0.29) is 22.6 Å². The van der Waals surface area contributed by atoms with Crippen molar-refractivity contribution >= 4 is 28.5 Å². The predicted molar refractivity (Wildman–Crippen MR) is 76.4 cm³/mol. The van der Waals surface area contributed by atoms with Crippen LogP contribution in [0.1, 0.15) is 43.2 Å². The van der Waals surface area contributed by atoms with Crippen LogP contribution in [-0.2, 0) is 0 Å². The number of nitrogens with one attached hydrogen (secondary N) is 2. The molecule has 1 aromatic heterocycles.